The molecular formula is C15H22N2O3S. The van der Waals surface area contributed by atoms with Crippen LogP contribution in [-0.4, -0.2) is 22.0 Å². The lowest BCUT2D eigenvalue weighted by molar-refractivity contribution is -0.125. The van der Waals surface area contributed by atoms with E-state index in [1.807, 2.05) is 6.92 Å². The van der Waals surface area contributed by atoms with Gasteiger partial charge in [0.25, 0.3) is 0 Å². The number of aromatic carboxylic acids is 1. The van der Waals surface area contributed by atoms with Crippen molar-refractivity contribution in [3.63, 3.8) is 0 Å². The van der Waals surface area contributed by atoms with E-state index >= 15 is 0 Å². The molecule has 1 aliphatic carbocycles. The fraction of sp³-hybridized carbons (Fsp3) is 0.667. The summed E-state index contributed by atoms with van der Waals surface area (Å²) in [5, 5.41) is 13.8. The highest BCUT2D eigenvalue weighted by molar-refractivity contribution is 7.09. The second-order valence-electron chi connectivity index (χ2n) is 5.79. The molecule has 0 spiro atoms. The summed E-state index contributed by atoms with van der Waals surface area (Å²) in [6.45, 7) is 2.28. The van der Waals surface area contributed by atoms with Gasteiger partial charge in [0.15, 0.2) is 5.69 Å². The van der Waals surface area contributed by atoms with E-state index in [1.54, 1.807) is 0 Å². The summed E-state index contributed by atoms with van der Waals surface area (Å²) in [6.07, 6.45) is 7.33. The van der Waals surface area contributed by atoms with Crippen LogP contribution < -0.4 is 5.32 Å². The smallest absolute Gasteiger partial charge is 0.355 e. The Bertz CT molecular complexity index is 495. The maximum Gasteiger partial charge on any atom is 0.355 e. The van der Waals surface area contributed by atoms with E-state index in [1.165, 1.54) is 48.8 Å². The van der Waals surface area contributed by atoms with E-state index < -0.39 is 5.97 Å². The van der Waals surface area contributed by atoms with Crippen molar-refractivity contribution in [3.8, 4) is 0 Å². The standard InChI is InChI=1S/C15H22N2O3S/c1-10(7-11-5-3-2-4-6-11)14(18)16-8-13-17-12(9-21-13)15(19)20/h9-11H,2-8H2,1H3,(H,16,18)(H,19,20). The van der Waals surface area contributed by atoms with E-state index in [-0.39, 0.29) is 17.5 Å². The van der Waals surface area contributed by atoms with Crippen molar-refractivity contribution >= 4 is 23.2 Å². The highest BCUT2D eigenvalue weighted by Crippen LogP contribution is 2.29. The first-order valence-corrected chi connectivity index (χ1v) is 8.39. The molecule has 0 aromatic carbocycles. The van der Waals surface area contributed by atoms with Gasteiger partial charge in [-0.1, -0.05) is 39.0 Å². The van der Waals surface area contributed by atoms with Crippen molar-refractivity contribution in [1.82, 2.24) is 10.3 Å². The largest absolute Gasteiger partial charge is 0.476 e. The molecule has 0 radical (unpaired) electrons. The molecule has 1 unspecified atom stereocenters. The number of carbonyl (C=O) groups excluding carboxylic acids is 1. The zero-order valence-corrected chi connectivity index (χ0v) is 13.1. The third-order valence-electron chi connectivity index (χ3n) is 4.04. The van der Waals surface area contributed by atoms with Gasteiger partial charge in [0.05, 0.1) is 6.54 Å². The predicted molar refractivity (Wildman–Crippen MR) is 81.3 cm³/mol. The molecule has 6 heteroatoms. The SMILES string of the molecule is CC(CC1CCCCC1)C(=O)NCc1nc(C(=O)O)cs1. The molecule has 2 N–H and O–H groups in total. The normalized spacial score (nSPS) is 17.4. The van der Waals surface area contributed by atoms with Gasteiger partial charge >= 0.3 is 5.97 Å². The molecule has 2 rings (SSSR count). The van der Waals surface area contributed by atoms with Gasteiger partial charge in [-0.25, -0.2) is 9.78 Å². The Morgan fingerprint density at radius 2 is 2.14 bits per heavy atom. The first kappa shape index (κ1) is 15.9. The Hall–Kier alpha value is -1.43. The Labute approximate surface area is 128 Å². The van der Waals surface area contributed by atoms with Crippen LogP contribution in [0.3, 0.4) is 0 Å². The molecule has 0 saturated heterocycles. The lowest BCUT2D eigenvalue weighted by atomic mass is 9.83. The zero-order chi connectivity index (χ0) is 15.2. The number of amides is 1. The molecule has 1 aliphatic rings. The minimum absolute atomic E-state index is 0.00649. The predicted octanol–water partition coefficient (Wildman–Crippen LogP) is 3.06. The number of nitrogens with zero attached hydrogens (tertiary/aromatic N) is 1. The number of rotatable bonds is 6. The van der Waals surface area contributed by atoms with E-state index in [4.69, 9.17) is 5.11 Å². The van der Waals surface area contributed by atoms with Gasteiger partial charge in [-0.05, 0) is 12.3 Å². The summed E-state index contributed by atoms with van der Waals surface area (Å²) in [6, 6.07) is 0. The van der Waals surface area contributed by atoms with Gasteiger partial charge in [-0.15, -0.1) is 11.3 Å². The first-order valence-electron chi connectivity index (χ1n) is 7.51. The number of hydrogen-bond donors (Lipinski definition) is 2. The average Bonchev–Trinajstić information content (AvgIpc) is 2.95. The maximum absolute atomic E-state index is 12.1. The minimum Gasteiger partial charge on any atom is -0.476 e. The van der Waals surface area contributed by atoms with Crippen LogP contribution in [0.5, 0.6) is 0 Å². The Morgan fingerprint density at radius 1 is 1.43 bits per heavy atom. The molecule has 1 heterocycles. The Morgan fingerprint density at radius 3 is 2.76 bits per heavy atom. The maximum atomic E-state index is 12.1. The van der Waals surface area contributed by atoms with Crippen LogP contribution in [0, 0.1) is 11.8 Å². The molecular weight excluding hydrogens is 288 g/mol. The number of hydrogen-bond acceptors (Lipinski definition) is 4. The third-order valence-corrected chi connectivity index (χ3v) is 4.89. The summed E-state index contributed by atoms with van der Waals surface area (Å²) in [5.74, 6) is -0.313. The number of nitrogens with one attached hydrogen (secondary N) is 1. The Kier molecular flexibility index (Phi) is 5.73. The van der Waals surface area contributed by atoms with Crippen LogP contribution in [0.15, 0.2) is 5.38 Å². The molecule has 1 atom stereocenters. The molecule has 1 fully saturated rings. The topological polar surface area (TPSA) is 79.3 Å². The van der Waals surface area contributed by atoms with Crippen molar-refractivity contribution in [1.29, 1.82) is 0 Å². The molecule has 0 bridgehead atoms. The fourth-order valence-corrected chi connectivity index (χ4v) is 3.56. The van der Waals surface area contributed by atoms with Gasteiger partial charge in [-0.3, -0.25) is 4.79 Å². The van der Waals surface area contributed by atoms with Gasteiger partial charge in [0.2, 0.25) is 5.91 Å². The second kappa shape index (κ2) is 7.54. The lowest BCUT2D eigenvalue weighted by Crippen LogP contribution is -2.30. The number of carbonyl (C=O) groups is 2. The first-order chi connectivity index (χ1) is 10.1. The molecule has 1 aromatic heterocycles. The molecule has 1 aromatic rings. The molecule has 1 amide bonds. The van der Waals surface area contributed by atoms with Crippen molar-refractivity contribution in [2.75, 3.05) is 0 Å². The molecule has 5 nitrogen and oxygen atoms in total. The van der Waals surface area contributed by atoms with Gasteiger partial charge in [0, 0.05) is 11.3 Å². The summed E-state index contributed by atoms with van der Waals surface area (Å²) in [5.41, 5.74) is 0.0412. The van der Waals surface area contributed by atoms with E-state index in [0.29, 0.717) is 17.5 Å². The highest BCUT2D eigenvalue weighted by atomic mass is 32.1. The summed E-state index contributed by atoms with van der Waals surface area (Å²) >= 11 is 1.26. The quantitative estimate of drug-likeness (QED) is 0.846. The fourth-order valence-electron chi connectivity index (χ4n) is 2.86. The number of aromatic nitrogens is 1. The Balaban J connectivity index is 1.76. The van der Waals surface area contributed by atoms with E-state index in [0.717, 1.165) is 6.42 Å². The zero-order valence-electron chi connectivity index (χ0n) is 12.3. The van der Waals surface area contributed by atoms with Crippen LogP contribution in [0.25, 0.3) is 0 Å². The van der Waals surface area contributed by atoms with Crippen molar-refractivity contribution in [3.05, 3.63) is 16.1 Å². The molecule has 1 saturated carbocycles. The monoisotopic (exact) mass is 310 g/mol. The van der Waals surface area contributed by atoms with Crippen molar-refractivity contribution in [2.24, 2.45) is 11.8 Å². The van der Waals surface area contributed by atoms with Crippen molar-refractivity contribution < 1.29 is 14.7 Å². The minimum atomic E-state index is -1.03. The second-order valence-corrected chi connectivity index (χ2v) is 6.73. The van der Waals surface area contributed by atoms with Gasteiger partial charge in [-0.2, -0.15) is 0 Å². The van der Waals surface area contributed by atoms with Crippen molar-refractivity contribution in [2.45, 2.75) is 52.0 Å². The molecule has 21 heavy (non-hydrogen) atoms. The number of thiazole rings is 1. The van der Waals surface area contributed by atoms with E-state index in [9.17, 15) is 9.59 Å². The van der Waals surface area contributed by atoms with Crippen LogP contribution in [0.1, 0.15) is 60.9 Å². The molecule has 0 aliphatic heterocycles. The summed E-state index contributed by atoms with van der Waals surface area (Å²) < 4.78 is 0. The number of carboxylic acid groups (broad SMARTS) is 1. The van der Waals surface area contributed by atoms with Gasteiger partial charge in [0.1, 0.15) is 5.01 Å². The highest BCUT2D eigenvalue weighted by Gasteiger charge is 2.21. The third kappa shape index (κ3) is 4.81. The van der Waals surface area contributed by atoms with Crippen LogP contribution in [0.2, 0.25) is 0 Å². The summed E-state index contributed by atoms with van der Waals surface area (Å²) in [7, 11) is 0. The van der Waals surface area contributed by atoms with Crippen LogP contribution in [-0.2, 0) is 11.3 Å². The van der Waals surface area contributed by atoms with Crippen LogP contribution >= 0.6 is 11.3 Å². The lowest BCUT2D eigenvalue weighted by Gasteiger charge is -2.24. The summed E-state index contributed by atoms with van der Waals surface area (Å²) in [4.78, 5) is 26.8. The van der Waals surface area contributed by atoms with E-state index in [2.05, 4.69) is 10.3 Å². The van der Waals surface area contributed by atoms with Gasteiger partial charge < -0.3 is 10.4 Å². The van der Waals surface area contributed by atoms with Crippen LogP contribution in [0.4, 0.5) is 0 Å². The molecule has 116 valence electrons. The number of carboxylic acids is 1. The average molecular weight is 310 g/mol.